The molecule has 0 saturated heterocycles. The fraction of sp³-hybridized carbons (Fsp3) is 0. The van der Waals surface area contributed by atoms with E-state index in [9.17, 15) is 0 Å². The molecular formula is C4H2LiSi+. The van der Waals surface area contributed by atoms with Crippen molar-refractivity contribution >= 4 is 9.52 Å². The standard InChI is InChI=1S/C4H2Si.Li/c1-3-5-4-2;/h1-2H;/q;+1. The predicted molar refractivity (Wildman–Crippen MR) is 23.4 cm³/mol. The van der Waals surface area contributed by atoms with Crippen LogP contribution in [0.25, 0.3) is 0 Å². The van der Waals surface area contributed by atoms with Gasteiger partial charge in [0.2, 0.25) is 9.52 Å². The second kappa shape index (κ2) is 8.87. The molecule has 0 nitrogen and oxygen atoms in total. The van der Waals surface area contributed by atoms with Crippen molar-refractivity contribution in [1.29, 1.82) is 0 Å². The number of hydrogen-bond donors (Lipinski definition) is 0. The summed E-state index contributed by atoms with van der Waals surface area (Å²) in [6.45, 7) is 0. The van der Waals surface area contributed by atoms with Gasteiger partial charge in [-0.3, -0.25) is 0 Å². The summed E-state index contributed by atoms with van der Waals surface area (Å²) in [5.41, 5.74) is 4.62. The van der Waals surface area contributed by atoms with Gasteiger partial charge in [0.25, 0.3) is 0 Å². The van der Waals surface area contributed by atoms with Crippen molar-refractivity contribution in [3.8, 4) is 23.9 Å². The molecule has 0 N–H and O–H groups in total. The summed E-state index contributed by atoms with van der Waals surface area (Å²) in [6.07, 6.45) is 9.52. The number of terminal acetylenes is 2. The van der Waals surface area contributed by atoms with Crippen LogP contribution in [0.15, 0.2) is 0 Å². The van der Waals surface area contributed by atoms with Crippen LogP contribution in [0.2, 0.25) is 0 Å². The van der Waals surface area contributed by atoms with E-state index in [-0.39, 0.29) is 28.4 Å². The van der Waals surface area contributed by atoms with Gasteiger partial charge in [-0.15, -0.1) is 23.9 Å². The predicted octanol–water partition coefficient (Wildman–Crippen LogP) is -3.12. The quantitative estimate of drug-likeness (QED) is 0.215. The molecule has 0 aliphatic heterocycles. The third-order valence-corrected chi connectivity index (χ3v) is 0.433. The van der Waals surface area contributed by atoms with Crippen LogP contribution in [0.1, 0.15) is 0 Å². The van der Waals surface area contributed by atoms with Gasteiger partial charge in [0.15, 0.2) is 0 Å². The van der Waals surface area contributed by atoms with Crippen molar-refractivity contribution in [2.45, 2.75) is 0 Å². The first kappa shape index (κ1) is 9.33. The van der Waals surface area contributed by atoms with Crippen LogP contribution >= 0.6 is 0 Å². The molecule has 2 radical (unpaired) electrons. The Bertz CT molecular complexity index is 72.7. The van der Waals surface area contributed by atoms with Gasteiger partial charge < -0.3 is 0 Å². The van der Waals surface area contributed by atoms with E-state index in [0.717, 1.165) is 0 Å². The Labute approximate surface area is 52.7 Å². The second-order valence-electron chi connectivity index (χ2n) is 0.414. The maximum atomic E-state index is 4.76. The fourth-order valence-corrected chi connectivity index (χ4v) is 0.125. The van der Waals surface area contributed by atoms with Gasteiger partial charge in [-0.1, -0.05) is 0 Å². The normalized spacial score (nSPS) is 3.67. The van der Waals surface area contributed by atoms with Gasteiger partial charge in [0, 0.05) is 0 Å². The maximum absolute atomic E-state index is 4.76. The van der Waals surface area contributed by atoms with Crippen LogP contribution in [0, 0.1) is 23.9 Å². The first-order valence-electron chi connectivity index (χ1n) is 1.08. The Morgan fingerprint density at radius 3 is 1.50 bits per heavy atom. The van der Waals surface area contributed by atoms with Crippen LogP contribution in [-0.4, -0.2) is 9.52 Å². The fourth-order valence-electron chi connectivity index (χ4n) is 0.0417. The van der Waals surface area contributed by atoms with Crippen molar-refractivity contribution in [1.82, 2.24) is 0 Å². The molecule has 0 rings (SSSR count). The van der Waals surface area contributed by atoms with Crippen LogP contribution in [-0.2, 0) is 0 Å². The largest absolute Gasteiger partial charge is 1.00 e. The van der Waals surface area contributed by atoms with Crippen LogP contribution in [0.3, 0.4) is 0 Å². The molecule has 0 fully saturated rings. The van der Waals surface area contributed by atoms with Gasteiger partial charge >= 0.3 is 18.9 Å². The van der Waals surface area contributed by atoms with Crippen molar-refractivity contribution in [2.75, 3.05) is 0 Å². The molecular weight excluding hydrogens is 83.1 g/mol. The molecule has 0 spiro atoms. The van der Waals surface area contributed by atoms with E-state index in [1.54, 1.807) is 0 Å². The molecule has 0 bridgehead atoms. The van der Waals surface area contributed by atoms with E-state index in [4.69, 9.17) is 12.8 Å². The average molecular weight is 85.1 g/mol. The van der Waals surface area contributed by atoms with Gasteiger partial charge in [-0.2, -0.15) is 0 Å². The first-order valence-corrected chi connectivity index (χ1v) is 2.08. The van der Waals surface area contributed by atoms with Gasteiger partial charge in [0.1, 0.15) is 0 Å². The van der Waals surface area contributed by atoms with Crippen LogP contribution < -0.4 is 18.9 Å². The SMILES string of the molecule is C#C[Si]C#C.[Li+]. The Hall–Kier alpha value is -0.0657. The maximum Gasteiger partial charge on any atom is 1.00 e. The monoisotopic (exact) mass is 85.0 g/mol. The molecule has 0 saturated carbocycles. The molecule has 0 aromatic heterocycles. The minimum absolute atomic E-state index is 0. The molecule has 0 unspecified atom stereocenters. The molecule has 0 amide bonds. The third-order valence-electron chi connectivity index (χ3n) is 0.144. The topological polar surface area (TPSA) is 0 Å². The molecule has 0 atom stereocenters. The van der Waals surface area contributed by atoms with E-state index in [2.05, 4.69) is 11.1 Å². The number of rotatable bonds is 0. The second-order valence-corrected chi connectivity index (χ2v) is 1.24. The summed E-state index contributed by atoms with van der Waals surface area (Å²) in [5.74, 6) is 0. The van der Waals surface area contributed by atoms with Gasteiger partial charge in [-0.25, -0.2) is 0 Å². The average Bonchev–Trinajstić information content (AvgIpc) is 1.41. The van der Waals surface area contributed by atoms with E-state index in [0.29, 0.717) is 0 Å². The Balaban J connectivity index is 0. The summed E-state index contributed by atoms with van der Waals surface area (Å²) in [4.78, 5) is 0. The minimum Gasteiger partial charge on any atom is -0.126 e. The summed E-state index contributed by atoms with van der Waals surface area (Å²) in [7, 11) is 0.253. The molecule has 22 valence electrons. The molecule has 0 aromatic rings. The summed E-state index contributed by atoms with van der Waals surface area (Å²) in [5, 5.41) is 0. The smallest absolute Gasteiger partial charge is 0.126 e. The van der Waals surface area contributed by atoms with E-state index in [1.807, 2.05) is 0 Å². The summed E-state index contributed by atoms with van der Waals surface area (Å²) in [6, 6.07) is 0. The molecule has 0 aromatic carbocycles. The zero-order valence-corrected chi connectivity index (χ0v) is 4.65. The minimum atomic E-state index is 0. The van der Waals surface area contributed by atoms with E-state index >= 15 is 0 Å². The number of hydrogen-bond acceptors (Lipinski definition) is 0. The van der Waals surface area contributed by atoms with Crippen LogP contribution in [0.4, 0.5) is 0 Å². The first-order chi connectivity index (χ1) is 2.41. The molecule has 6 heavy (non-hydrogen) atoms. The van der Waals surface area contributed by atoms with Gasteiger partial charge in [0.05, 0.1) is 0 Å². The molecule has 0 heterocycles. The molecule has 0 aliphatic rings. The van der Waals surface area contributed by atoms with Crippen molar-refractivity contribution in [2.24, 2.45) is 0 Å². The summed E-state index contributed by atoms with van der Waals surface area (Å²) >= 11 is 0. The van der Waals surface area contributed by atoms with Crippen LogP contribution in [0.5, 0.6) is 0 Å². The third kappa shape index (κ3) is 9.05. The molecule has 0 aliphatic carbocycles. The summed E-state index contributed by atoms with van der Waals surface area (Å²) < 4.78 is 0. The van der Waals surface area contributed by atoms with Crippen molar-refractivity contribution in [3.63, 3.8) is 0 Å². The van der Waals surface area contributed by atoms with Crippen molar-refractivity contribution in [3.05, 3.63) is 0 Å². The Morgan fingerprint density at radius 2 is 1.50 bits per heavy atom. The van der Waals surface area contributed by atoms with Gasteiger partial charge in [-0.05, 0) is 0 Å². The Morgan fingerprint density at radius 1 is 1.17 bits per heavy atom. The zero-order valence-electron chi connectivity index (χ0n) is 3.65. The van der Waals surface area contributed by atoms with E-state index in [1.165, 1.54) is 0 Å². The molecule has 2 heteroatoms. The van der Waals surface area contributed by atoms with E-state index < -0.39 is 0 Å². The zero-order chi connectivity index (χ0) is 4.12. The van der Waals surface area contributed by atoms with Crippen molar-refractivity contribution < 1.29 is 18.9 Å². The Kier molecular flexibility index (Phi) is 13.8.